The summed E-state index contributed by atoms with van der Waals surface area (Å²) in [6.07, 6.45) is -22.6. The van der Waals surface area contributed by atoms with E-state index in [1.165, 1.54) is 0 Å². The van der Waals surface area contributed by atoms with E-state index in [4.69, 9.17) is 10.3 Å². The van der Waals surface area contributed by atoms with Crippen LogP contribution in [-0.4, -0.2) is 75.1 Å². The van der Waals surface area contributed by atoms with Crippen molar-refractivity contribution in [3.63, 3.8) is 0 Å². The smallest absolute Gasteiger partial charge is 0.267 e. The first-order chi connectivity index (χ1) is 12.8. The van der Waals surface area contributed by atoms with Gasteiger partial charge in [0.05, 0.1) is 6.67 Å². The number of alkyl halides is 8. The molecule has 0 rings (SSSR count). The monoisotopic (exact) mass is 451 g/mol. The average molecular weight is 451 g/mol. The fraction of sp³-hybridized carbons (Fsp3) is 0.867. The summed E-state index contributed by atoms with van der Waals surface area (Å²) in [4.78, 5) is 0. The van der Waals surface area contributed by atoms with Crippen LogP contribution in [0.1, 0.15) is 19.3 Å². The third-order valence-corrected chi connectivity index (χ3v) is 4.05. The molecule has 0 aliphatic heterocycles. The maximum absolute atomic E-state index is 13.4. The number of nitrogens with two attached hydrogens (primary N) is 1. The highest BCUT2D eigenvalue weighted by Gasteiger charge is 2.46. The van der Waals surface area contributed by atoms with Crippen LogP contribution in [0.25, 0.3) is 0 Å². The van der Waals surface area contributed by atoms with E-state index in [1.54, 1.807) is 6.08 Å². The SMILES string of the molecule is C=CCN.O=S(=O)(O)CC(F)C(F)C(F)C(F)C(F)C(F)C(F)CCCCF. The van der Waals surface area contributed by atoms with E-state index in [0.717, 1.165) is 0 Å². The standard InChI is InChI=1S/C12H18F8O3S.C3H7N/c13-4-2-1-3-6(14)8(16)10(18)12(20)11(19)9(17)7(15)5-24(21,22)23;1-2-3-4/h6-12H,1-5H2,(H,21,22,23);2H,1,3-4H2. The molecule has 170 valence electrons. The minimum absolute atomic E-state index is 0.152. The molecule has 0 saturated carbocycles. The summed E-state index contributed by atoms with van der Waals surface area (Å²) in [5.74, 6) is -1.91. The Balaban J connectivity index is 0. The Labute approximate surface area is 158 Å². The van der Waals surface area contributed by atoms with Crippen LogP contribution in [-0.2, 0) is 10.1 Å². The van der Waals surface area contributed by atoms with Gasteiger partial charge in [0, 0.05) is 6.54 Å². The van der Waals surface area contributed by atoms with Gasteiger partial charge in [-0.2, -0.15) is 8.42 Å². The third kappa shape index (κ3) is 12.5. The van der Waals surface area contributed by atoms with Crippen molar-refractivity contribution in [3.8, 4) is 0 Å². The summed E-state index contributed by atoms with van der Waals surface area (Å²) in [6.45, 7) is 3.10. The lowest BCUT2D eigenvalue weighted by molar-refractivity contribution is -0.0336. The van der Waals surface area contributed by atoms with Crippen LogP contribution in [0.3, 0.4) is 0 Å². The third-order valence-electron chi connectivity index (χ3n) is 3.31. The maximum Gasteiger partial charge on any atom is 0.267 e. The van der Waals surface area contributed by atoms with Crippen molar-refractivity contribution in [2.24, 2.45) is 5.73 Å². The first-order valence-electron chi connectivity index (χ1n) is 8.14. The summed E-state index contributed by atoms with van der Waals surface area (Å²) >= 11 is 0. The number of unbranched alkanes of at least 4 members (excludes halogenated alkanes) is 1. The van der Waals surface area contributed by atoms with E-state index in [-0.39, 0.29) is 12.8 Å². The van der Waals surface area contributed by atoms with Gasteiger partial charge < -0.3 is 5.73 Å². The Morgan fingerprint density at radius 1 is 0.857 bits per heavy atom. The summed E-state index contributed by atoms with van der Waals surface area (Å²) in [5, 5.41) is 0. The number of rotatable bonds is 13. The van der Waals surface area contributed by atoms with Crippen LogP contribution in [0.15, 0.2) is 12.7 Å². The zero-order valence-corrected chi connectivity index (χ0v) is 15.7. The molecule has 0 aliphatic rings. The Morgan fingerprint density at radius 2 is 1.25 bits per heavy atom. The quantitative estimate of drug-likeness (QED) is 0.194. The van der Waals surface area contributed by atoms with Gasteiger partial charge in [-0.3, -0.25) is 8.94 Å². The van der Waals surface area contributed by atoms with Crippen LogP contribution in [0, 0.1) is 0 Å². The highest BCUT2D eigenvalue weighted by Crippen LogP contribution is 2.27. The molecular formula is C15H25F8NO3S. The largest absolute Gasteiger partial charge is 0.327 e. The molecular weight excluding hydrogens is 426 g/mol. The Hall–Kier alpha value is -0.950. The molecule has 0 radical (unpaired) electrons. The van der Waals surface area contributed by atoms with Crippen molar-refractivity contribution >= 4 is 10.1 Å². The lowest BCUT2D eigenvalue weighted by Gasteiger charge is -2.25. The van der Waals surface area contributed by atoms with E-state index in [9.17, 15) is 43.5 Å². The molecule has 7 unspecified atom stereocenters. The van der Waals surface area contributed by atoms with Crippen LogP contribution in [0.4, 0.5) is 35.1 Å². The number of hydrogen-bond acceptors (Lipinski definition) is 3. The fourth-order valence-electron chi connectivity index (χ4n) is 1.81. The zero-order valence-electron chi connectivity index (χ0n) is 14.8. The van der Waals surface area contributed by atoms with Crippen LogP contribution >= 0.6 is 0 Å². The molecule has 13 heteroatoms. The van der Waals surface area contributed by atoms with Crippen LogP contribution in [0.5, 0.6) is 0 Å². The molecule has 0 bridgehead atoms. The molecule has 4 nitrogen and oxygen atoms in total. The molecule has 0 heterocycles. The first-order valence-corrected chi connectivity index (χ1v) is 9.75. The van der Waals surface area contributed by atoms with Crippen molar-refractivity contribution in [1.29, 1.82) is 0 Å². The number of halogens is 8. The second-order valence-corrected chi connectivity index (χ2v) is 7.21. The molecule has 0 amide bonds. The highest BCUT2D eigenvalue weighted by molar-refractivity contribution is 7.85. The molecule has 28 heavy (non-hydrogen) atoms. The average Bonchev–Trinajstić information content (AvgIpc) is 2.63. The highest BCUT2D eigenvalue weighted by atomic mass is 32.2. The molecule has 3 N–H and O–H groups in total. The Morgan fingerprint density at radius 3 is 1.61 bits per heavy atom. The van der Waals surface area contributed by atoms with E-state index < -0.39 is 72.2 Å². The van der Waals surface area contributed by atoms with Gasteiger partial charge in [0.1, 0.15) is 11.9 Å². The molecule has 0 aromatic heterocycles. The fourth-order valence-corrected chi connectivity index (χ4v) is 2.40. The maximum atomic E-state index is 13.4. The first kappa shape index (κ1) is 29.3. The van der Waals surface area contributed by atoms with Gasteiger partial charge in [-0.25, -0.2) is 30.7 Å². The van der Waals surface area contributed by atoms with Crippen LogP contribution in [0.2, 0.25) is 0 Å². The molecule has 7 atom stereocenters. The normalized spacial score (nSPS) is 19.4. The predicted molar refractivity (Wildman–Crippen MR) is 89.8 cm³/mol. The van der Waals surface area contributed by atoms with E-state index in [0.29, 0.717) is 6.54 Å². The molecule has 0 aromatic rings. The Bertz CT molecular complexity index is 514. The van der Waals surface area contributed by atoms with Gasteiger partial charge in [0.25, 0.3) is 10.1 Å². The molecule has 0 saturated heterocycles. The van der Waals surface area contributed by atoms with E-state index >= 15 is 0 Å². The zero-order chi connectivity index (χ0) is 22.5. The molecule has 0 aliphatic carbocycles. The second kappa shape index (κ2) is 15.0. The van der Waals surface area contributed by atoms with Crippen molar-refractivity contribution in [3.05, 3.63) is 12.7 Å². The molecule has 0 fully saturated rings. The summed E-state index contributed by atoms with van der Waals surface area (Å²) in [7, 11) is -5.05. The number of hydrogen-bond donors (Lipinski definition) is 2. The van der Waals surface area contributed by atoms with Crippen molar-refractivity contribution < 1.29 is 48.1 Å². The minimum Gasteiger partial charge on any atom is -0.327 e. The van der Waals surface area contributed by atoms with Gasteiger partial charge in [-0.05, 0) is 19.3 Å². The lowest BCUT2D eigenvalue weighted by Crippen LogP contribution is -2.46. The minimum atomic E-state index is -5.05. The summed E-state index contributed by atoms with van der Waals surface area (Å²) in [5.41, 5.74) is 4.91. The second-order valence-electron chi connectivity index (χ2n) is 5.71. The molecule has 0 spiro atoms. The predicted octanol–water partition coefficient (Wildman–Crippen LogP) is 3.51. The van der Waals surface area contributed by atoms with Crippen molar-refractivity contribution in [2.75, 3.05) is 19.0 Å². The summed E-state index contributed by atoms with van der Waals surface area (Å²) in [6, 6.07) is 0. The van der Waals surface area contributed by atoms with Gasteiger partial charge in [-0.15, -0.1) is 6.58 Å². The van der Waals surface area contributed by atoms with Crippen molar-refractivity contribution in [2.45, 2.75) is 62.5 Å². The van der Waals surface area contributed by atoms with Gasteiger partial charge in [0.15, 0.2) is 37.0 Å². The summed E-state index contributed by atoms with van der Waals surface area (Å²) < 4.78 is 134. The Kier molecular flexibility index (Phi) is 15.6. The van der Waals surface area contributed by atoms with Crippen molar-refractivity contribution in [1.82, 2.24) is 0 Å². The van der Waals surface area contributed by atoms with Gasteiger partial charge in [0.2, 0.25) is 0 Å². The lowest BCUT2D eigenvalue weighted by atomic mass is 9.98. The van der Waals surface area contributed by atoms with Gasteiger partial charge in [-0.1, -0.05) is 6.08 Å². The van der Waals surface area contributed by atoms with E-state index in [1.807, 2.05) is 0 Å². The van der Waals surface area contributed by atoms with Crippen LogP contribution < -0.4 is 5.73 Å². The topological polar surface area (TPSA) is 80.4 Å². The molecule has 0 aromatic carbocycles. The van der Waals surface area contributed by atoms with E-state index in [2.05, 4.69) is 6.58 Å². The van der Waals surface area contributed by atoms with Gasteiger partial charge >= 0.3 is 0 Å².